The summed E-state index contributed by atoms with van der Waals surface area (Å²) in [6.45, 7) is 18.2. The van der Waals surface area contributed by atoms with E-state index in [1.807, 2.05) is 0 Å². The lowest BCUT2D eigenvalue weighted by atomic mass is 10.1. The minimum absolute atomic E-state index is 0.274. The molecule has 0 aliphatic heterocycles. The minimum atomic E-state index is -1.03. The molecule has 4 heteroatoms. The second-order valence-corrected chi connectivity index (χ2v) is 20.0. The molecule has 1 N–H and O–H groups in total. The Labute approximate surface area is 135 Å². The molecule has 0 saturated carbocycles. The maximum Gasteiger partial charge on any atom is 0.0773 e. The lowest BCUT2D eigenvalue weighted by molar-refractivity contribution is 0.0302. The normalized spacial score (nSPS) is 14.7. The zero-order chi connectivity index (χ0) is 16.5. The van der Waals surface area contributed by atoms with E-state index in [0.717, 1.165) is 19.4 Å². The SMILES string of the molecule is CC(C)CCC(O)COCCC[Si](C)(C)CC[Si](C)(C)C. The van der Waals surface area contributed by atoms with Crippen LogP contribution in [0, 0.1) is 5.92 Å². The lowest BCUT2D eigenvalue weighted by Crippen LogP contribution is -2.30. The fraction of sp³-hybridized carbons (Fsp3) is 1.00. The number of rotatable bonds is 12. The molecule has 0 bridgehead atoms. The first kappa shape index (κ1) is 21.4. The third-order valence-corrected chi connectivity index (χ3v) is 9.64. The Morgan fingerprint density at radius 3 is 2.05 bits per heavy atom. The Morgan fingerprint density at radius 2 is 1.52 bits per heavy atom. The van der Waals surface area contributed by atoms with Crippen LogP contribution in [0.15, 0.2) is 0 Å². The minimum Gasteiger partial charge on any atom is -0.391 e. The molecule has 21 heavy (non-hydrogen) atoms. The molecule has 0 aliphatic carbocycles. The van der Waals surface area contributed by atoms with Crippen LogP contribution in [0.5, 0.6) is 0 Å². The number of aliphatic hydroxyl groups is 1. The maximum atomic E-state index is 9.82. The van der Waals surface area contributed by atoms with Gasteiger partial charge in [0.2, 0.25) is 0 Å². The molecule has 0 fully saturated rings. The van der Waals surface area contributed by atoms with Crippen molar-refractivity contribution >= 4 is 16.1 Å². The standard InChI is InChI=1S/C17H40O2Si2/c1-16(2)9-10-17(18)15-19-11-8-12-21(6,7)14-13-20(3,4)5/h16-18H,8-15H2,1-7H3. The van der Waals surface area contributed by atoms with Crippen molar-refractivity contribution in [1.82, 2.24) is 0 Å². The van der Waals surface area contributed by atoms with E-state index in [1.54, 1.807) is 0 Å². The monoisotopic (exact) mass is 332 g/mol. The van der Waals surface area contributed by atoms with Gasteiger partial charge in [-0.25, -0.2) is 0 Å². The highest BCUT2D eigenvalue weighted by atomic mass is 28.3. The van der Waals surface area contributed by atoms with Crippen molar-refractivity contribution in [1.29, 1.82) is 0 Å². The van der Waals surface area contributed by atoms with Crippen molar-refractivity contribution in [3.63, 3.8) is 0 Å². The van der Waals surface area contributed by atoms with E-state index >= 15 is 0 Å². The van der Waals surface area contributed by atoms with Crippen molar-refractivity contribution in [2.75, 3.05) is 13.2 Å². The van der Waals surface area contributed by atoms with Gasteiger partial charge in [-0.2, -0.15) is 0 Å². The maximum absolute atomic E-state index is 9.82. The second kappa shape index (κ2) is 10.2. The van der Waals surface area contributed by atoms with E-state index in [4.69, 9.17) is 4.74 Å². The molecule has 0 saturated heterocycles. The lowest BCUT2D eigenvalue weighted by Gasteiger charge is -2.26. The summed E-state index contributed by atoms with van der Waals surface area (Å²) in [5.41, 5.74) is 0. The highest BCUT2D eigenvalue weighted by Gasteiger charge is 2.23. The van der Waals surface area contributed by atoms with Gasteiger partial charge in [0.05, 0.1) is 12.7 Å². The highest BCUT2D eigenvalue weighted by molar-refractivity contribution is 6.82. The molecule has 0 spiro atoms. The predicted octanol–water partition coefficient (Wildman–Crippen LogP) is 5.24. The molecule has 0 radical (unpaired) electrons. The van der Waals surface area contributed by atoms with E-state index in [-0.39, 0.29) is 6.10 Å². The van der Waals surface area contributed by atoms with Crippen LogP contribution >= 0.6 is 0 Å². The van der Waals surface area contributed by atoms with E-state index in [9.17, 15) is 5.11 Å². The Hall–Kier alpha value is 0.354. The highest BCUT2D eigenvalue weighted by Crippen LogP contribution is 2.24. The zero-order valence-corrected chi connectivity index (χ0v) is 17.7. The summed E-state index contributed by atoms with van der Waals surface area (Å²) in [6.07, 6.45) is 2.85. The van der Waals surface area contributed by atoms with Crippen LogP contribution in [-0.2, 0) is 4.74 Å². The summed E-state index contributed by atoms with van der Waals surface area (Å²) >= 11 is 0. The molecule has 1 atom stereocenters. The van der Waals surface area contributed by atoms with Gasteiger partial charge >= 0.3 is 0 Å². The third kappa shape index (κ3) is 15.0. The number of ether oxygens (including phenoxy) is 1. The molecule has 0 aromatic heterocycles. The first-order valence-electron chi connectivity index (χ1n) is 8.78. The molecule has 128 valence electrons. The molecule has 0 aromatic carbocycles. The van der Waals surface area contributed by atoms with Crippen LogP contribution in [0.25, 0.3) is 0 Å². The summed E-state index contributed by atoms with van der Waals surface area (Å²) in [4.78, 5) is 0. The Kier molecular flexibility index (Phi) is 10.4. The third-order valence-electron chi connectivity index (χ3n) is 4.08. The van der Waals surface area contributed by atoms with Crippen molar-refractivity contribution in [3.8, 4) is 0 Å². The van der Waals surface area contributed by atoms with Gasteiger partial charge in [-0.05, 0) is 25.2 Å². The average molecular weight is 333 g/mol. The average Bonchev–Trinajstić information content (AvgIpc) is 2.33. The van der Waals surface area contributed by atoms with Crippen molar-refractivity contribution in [2.24, 2.45) is 5.92 Å². The fourth-order valence-electron chi connectivity index (χ4n) is 2.32. The number of hydrogen-bond donors (Lipinski definition) is 1. The van der Waals surface area contributed by atoms with Gasteiger partial charge < -0.3 is 9.84 Å². The van der Waals surface area contributed by atoms with E-state index in [0.29, 0.717) is 12.5 Å². The van der Waals surface area contributed by atoms with Crippen LogP contribution in [0.1, 0.15) is 33.1 Å². The topological polar surface area (TPSA) is 29.5 Å². The summed E-state index contributed by atoms with van der Waals surface area (Å²) in [5, 5.41) is 9.82. The molecule has 1 unspecified atom stereocenters. The summed E-state index contributed by atoms with van der Waals surface area (Å²) in [7, 11) is -1.91. The largest absolute Gasteiger partial charge is 0.391 e. The number of hydrogen-bond acceptors (Lipinski definition) is 2. The summed E-state index contributed by atoms with van der Waals surface area (Å²) < 4.78 is 5.65. The molecule has 0 rings (SSSR count). The molecular formula is C17H40O2Si2. The first-order valence-corrected chi connectivity index (χ1v) is 15.9. The first-order chi connectivity index (χ1) is 9.52. The van der Waals surface area contributed by atoms with Crippen molar-refractivity contribution in [2.45, 2.75) is 90.1 Å². The molecular weight excluding hydrogens is 292 g/mol. The van der Waals surface area contributed by atoms with Crippen LogP contribution in [0.2, 0.25) is 50.9 Å². The van der Waals surface area contributed by atoms with Crippen molar-refractivity contribution in [3.05, 3.63) is 0 Å². The molecule has 0 aliphatic rings. The van der Waals surface area contributed by atoms with Gasteiger partial charge in [0, 0.05) is 22.8 Å². The van der Waals surface area contributed by atoms with Crippen LogP contribution in [0.3, 0.4) is 0 Å². The van der Waals surface area contributed by atoms with Gasteiger partial charge in [-0.1, -0.05) is 64.7 Å². The van der Waals surface area contributed by atoms with Gasteiger partial charge in [0.1, 0.15) is 0 Å². The Balaban J connectivity index is 3.65. The van der Waals surface area contributed by atoms with Gasteiger partial charge in [0.25, 0.3) is 0 Å². The summed E-state index contributed by atoms with van der Waals surface area (Å²) in [5.74, 6) is 0.665. The van der Waals surface area contributed by atoms with E-state index in [2.05, 4.69) is 46.6 Å². The van der Waals surface area contributed by atoms with Crippen molar-refractivity contribution < 1.29 is 9.84 Å². The van der Waals surface area contributed by atoms with Crippen LogP contribution in [-0.4, -0.2) is 40.6 Å². The van der Waals surface area contributed by atoms with Crippen LogP contribution in [0.4, 0.5) is 0 Å². The molecule has 0 amide bonds. The number of aliphatic hydroxyl groups excluding tert-OH is 1. The molecule has 0 heterocycles. The van der Waals surface area contributed by atoms with Gasteiger partial charge in [0.15, 0.2) is 0 Å². The van der Waals surface area contributed by atoms with Gasteiger partial charge in [-0.3, -0.25) is 0 Å². The van der Waals surface area contributed by atoms with Crippen LogP contribution < -0.4 is 0 Å². The van der Waals surface area contributed by atoms with E-state index < -0.39 is 16.1 Å². The Bertz CT molecular complexity index is 260. The smallest absolute Gasteiger partial charge is 0.0773 e. The quantitative estimate of drug-likeness (QED) is 0.391. The molecule has 0 aromatic rings. The second-order valence-electron chi connectivity index (χ2n) is 9.03. The molecule has 2 nitrogen and oxygen atoms in total. The zero-order valence-electron chi connectivity index (χ0n) is 15.7. The Morgan fingerprint density at radius 1 is 0.905 bits per heavy atom. The predicted molar refractivity (Wildman–Crippen MR) is 101 cm³/mol. The fourth-order valence-corrected chi connectivity index (χ4v) is 9.38. The van der Waals surface area contributed by atoms with Gasteiger partial charge in [-0.15, -0.1) is 0 Å². The van der Waals surface area contributed by atoms with E-state index in [1.165, 1.54) is 24.6 Å². The summed E-state index contributed by atoms with van der Waals surface area (Å²) in [6, 6.07) is 4.31.